The van der Waals surface area contributed by atoms with Crippen LogP contribution in [0.5, 0.6) is 0 Å². The highest BCUT2D eigenvalue weighted by atomic mass is 16.5. The van der Waals surface area contributed by atoms with E-state index in [0.717, 1.165) is 30.8 Å². The van der Waals surface area contributed by atoms with Gasteiger partial charge in [-0.25, -0.2) is 9.97 Å². The third-order valence-electron chi connectivity index (χ3n) is 3.77. The van der Waals surface area contributed by atoms with Crippen LogP contribution in [0, 0.1) is 0 Å². The monoisotopic (exact) mass is 262 g/mol. The van der Waals surface area contributed by atoms with Crippen molar-refractivity contribution in [3.63, 3.8) is 0 Å². The van der Waals surface area contributed by atoms with Crippen LogP contribution < -0.4 is 5.32 Å². The maximum Gasteiger partial charge on any atom is 0.242 e. The molecule has 2 aliphatic heterocycles. The number of carbonyl (C=O) groups excluding carboxylic acids is 1. The average molecular weight is 262 g/mol. The molecule has 2 aliphatic rings. The van der Waals surface area contributed by atoms with Gasteiger partial charge in [-0.3, -0.25) is 4.79 Å². The molecule has 19 heavy (non-hydrogen) atoms. The Bertz CT molecular complexity index is 479. The summed E-state index contributed by atoms with van der Waals surface area (Å²) in [5.74, 6) is 0.108. The Morgan fingerprint density at radius 3 is 3.32 bits per heavy atom. The lowest BCUT2D eigenvalue weighted by molar-refractivity contribution is -0.140. The molecule has 102 valence electrons. The molecule has 6 heteroatoms. The molecule has 0 unspecified atom stereocenters. The summed E-state index contributed by atoms with van der Waals surface area (Å²) in [4.78, 5) is 22.7. The van der Waals surface area contributed by atoms with Gasteiger partial charge in [0.15, 0.2) is 0 Å². The van der Waals surface area contributed by atoms with Crippen molar-refractivity contribution in [3.8, 4) is 0 Å². The van der Waals surface area contributed by atoms with Crippen molar-refractivity contribution in [1.29, 1.82) is 0 Å². The van der Waals surface area contributed by atoms with Gasteiger partial charge in [-0.15, -0.1) is 0 Å². The van der Waals surface area contributed by atoms with Crippen LogP contribution in [0.4, 0.5) is 0 Å². The maximum absolute atomic E-state index is 12.5. The Morgan fingerprint density at radius 1 is 1.58 bits per heavy atom. The molecule has 1 amide bonds. The van der Waals surface area contributed by atoms with Crippen LogP contribution in [0.2, 0.25) is 0 Å². The highest BCUT2D eigenvalue weighted by Gasteiger charge is 2.33. The number of carbonyl (C=O) groups is 1. The van der Waals surface area contributed by atoms with Gasteiger partial charge in [0.2, 0.25) is 5.91 Å². The first-order valence-electron chi connectivity index (χ1n) is 6.67. The smallest absolute Gasteiger partial charge is 0.242 e. The predicted molar refractivity (Wildman–Crippen MR) is 68.4 cm³/mol. The van der Waals surface area contributed by atoms with E-state index in [1.54, 1.807) is 0 Å². The highest BCUT2D eigenvalue weighted by Crippen LogP contribution is 2.17. The number of ether oxygens (including phenoxy) is 1. The molecule has 3 rings (SSSR count). The fraction of sp³-hybridized carbons (Fsp3) is 0.615. The molecule has 0 aliphatic carbocycles. The molecule has 1 aromatic rings. The first kappa shape index (κ1) is 12.5. The fourth-order valence-electron chi connectivity index (χ4n) is 2.64. The van der Waals surface area contributed by atoms with Gasteiger partial charge in [0, 0.05) is 19.3 Å². The number of hydrogen-bond acceptors (Lipinski definition) is 5. The van der Waals surface area contributed by atoms with Crippen LogP contribution in [-0.4, -0.2) is 52.6 Å². The summed E-state index contributed by atoms with van der Waals surface area (Å²) in [7, 11) is 0. The third-order valence-corrected chi connectivity index (χ3v) is 3.77. The SMILES string of the molecule is C[C@H]1OCCN[C@@H]1C(=O)N1CCc2cncnc2C1. The molecule has 1 fully saturated rings. The fourth-order valence-corrected chi connectivity index (χ4v) is 2.64. The van der Waals surface area contributed by atoms with Crippen molar-refractivity contribution in [3.05, 3.63) is 23.8 Å². The van der Waals surface area contributed by atoms with Crippen molar-refractivity contribution in [2.45, 2.75) is 32.0 Å². The van der Waals surface area contributed by atoms with E-state index in [0.29, 0.717) is 13.2 Å². The van der Waals surface area contributed by atoms with Gasteiger partial charge in [0.25, 0.3) is 0 Å². The van der Waals surface area contributed by atoms with Gasteiger partial charge >= 0.3 is 0 Å². The summed E-state index contributed by atoms with van der Waals surface area (Å²) in [5.41, 5.74) is 2.10. The summed E-state index contributed by atoms with van der Waals surface area (Å²) in [6, 6.07) is -0.239. The minimum absolute atomic E-state index is 0.0759. The van der Waals surface area contributed by atoms with E-state index in [4.69, 9.17) is 4.74 Å². The molecule has 0 spiro atoms. The van der Waals surface area contributed by atoms with E-state index in [1.165, 1.54) is 6.33 Å². The molecule has 1 aromatic heterocycles. The topological polar surface area (TPSA) is 67.3 Å². The Balaban J connectivity index is 1.72. The molecule has 0 radical (unpaired) electrons. The highest BCUT2D eigenvalue weighted by molar-refractivity contribution is 5.82. The summed E-state index contributed by atoms with van der Waals surface area (Å²) in [5, 5.41) is 3.24. The minimum Gasteiger partial charge on any atom is -0.375 e. The van der Waals surface area contributed by atoms with Crippen LogP contribution in [0.1, 0.15) is 18.2 Å². The second-order valence-corrected chi connectivity index (χ2v) is 5.01. The average Bonchev–Trinajstić information content (AvgIpc) is 2.46. The number of amides is 1. The van der Waals surface area contributed by atoms with Gasteiger partial charge in [0.1, 0.15) is 12.4 Å². The molecule has 3 heterocycles. The number of nitrogens with zero attached hydrogens (tertiary/aromatic N) is 3. The zero-order valence-electron chi connectivity index (χ0n) is 11.0. The van der Waals surface area contributed by atoms with Crippen LogP contribution >= 0.6 is 0 Å². The molecule has 1 N–H and O–H groups in total. The van der Waals surface area contributed by atoms with Crippen LogP contribution in [0.25, 0.3) is 0 Å². The van der Waals surface area contributed by atoms with Crippen LogP contribution in [0.15, 0.2) is 12.5 Å². The third kappa shape index (κ3) is 2.46. The van der Waals surface area contributed by atoms with E-state index in [1.807, 2.05) is 18.0 Å². The largest absolute Gasteiger partial charge is 0.375 e. The molecule has 1 saturated heterocycles. The second kappa shape index (κ2) is 5.22. The van der Waals surface area contributed by atoms with Crippen molar-refractivity contribution >= 4 is 5.91 Å². The van der Waals surface area contributed by atoms with E-state index >= 15 is 0 Å². The van der Waals surface area contributed by atoms with Gasteiger partial charge in [-0.1, -0.05) is 0 Å². The number of hydrogen-bond donors (Lipinski definition) is 1. The first-order chi connectivity index (χ1) is 9.25. The number of nitrogens with one attached hydrogen (secondary N) is 1. The molecule has 2 atom stereocenters. The minimum atomic E-state index is -0.239. The maximum atomic E-state index is 12.5. The van der Waals surface area contributed by atoms with Gasteiger partial charge in [-0.05, 0) is 18.9 Å². The second-order valence-electron chi connectivity index (χ2n) is 5.01. The number of fused-ring (bicyclic) bond motifs is 1. The van der Waals surface area contributed by atoms with E-state index in [2.05, 4.69) is 15.3 Å². The van der Waals surface area contributed by atoms with E-state index in [-0.39, 0.29) is 18.1 Å². The van der Waals surface area contributed by atoms with E-state index < -0.39 is 0 Å². The summed E-state index contributed by atoms with van der Waals surface area (Å²) < 4.78 is 5.54. The molecule has 6 nitrogen and oxygen atoms in total. The van der Waals surface area contributed by atoms with Crippen molar-refractivity contribution < 1.29 is 9.53 Å². The van der Waals surface area contributed by atoms with Gasteiger partial charge in [-0.2, -0.15) is 0 Å². The number of morpholine rings is 1. The van der Waals surface area contributed by atoms with Gasteiger partial charge in [0.05, 0.1) is 24.9 Å². The Kier molecular flexibility index (Phi) is 3.44. The summed E-state index contributed by atoms with van der Waals surface area (Å²) in [6.45, 7) is 4.63. The number of aromatic nitrogens is 2. The number of rotatable bonds is 1. The molecule has 0 saturated carbocycles. The van der Waals surface area contributed by atoms with E-state index in [9.17, 15) is 4.79 Å². The van der Waals surface area contributed by atoms with Crippen molar-refractivity contribution in [2.75, 3.05) is 19.7 Å². The zero-order chi connectivity index (χ0) is 13.2. The molecule has 0 aromatic carbocycles. The lowest BCUT2D eigenvalue weighted by atomic mass is 10.0. The van der Waals surface area contributed by atoms with Gasteiger partial charge < -0.3 is 15.0 Å². The Labute approximate surface area is 112 Å². The first-order valence-corrected chi connectivity index (χ1v) is 6.67. The Hall–Kier alpha value is -1.53. The van der Waals surface area contributed by atoms with Crippen molar-refractivity contribution in [1.82, 2.24) is 20.2 Å². The summed E-state index contributed by atoms with van der Waals surface area (Å²) >= 11 is 0. The lowest BCUT2D eigenvalue weighted by Gasteiger charge is -2.35. The summed E-state index contributed by atoms with van der Waals surface area (Å²) in [6.07, 6.45) is 4.13. The van der Waals surface area contributed by atoms with Crippen LogP contribution in [-0.2, 0) is 22.5 Å². The predicted octanol–water partition coefficient (Wildman–Crippen LogP) is -0.262. The van der Waals surface area contributed by atoms with Crippen LogP contribution in [0.3, 0.4) is 0 Å². The Morgan fingerprint density at radius 2 is 2.47 bits per heavy atom. The molecular weight excluding hydrogens is 244 g/mol. The van der Waals surface area contributed by atoms with Crippen molar-refractivity contribution in [2.24, 2.45) is 0 Å². The standard InChI is InChI=1S/C13H18N4O2/c1-9-12(15-3-5-19-9)13(18)17-4-2-10-6-14-8-16-11(10)7-17/h6,8-9,12,15H,2-5,7H2,1H3/t9-,12+/m1/s1. The lowest BCUT2D eigenvalue weighted by Crippen LogP contribution is -2.57. The zero-order valence-corrected chi connectivity index (χ0v) is 11.0. The normalized spacial score (nSPS) is 26.9. The molecular formula is C13H18N4O2. The quantitative estimate of drug-likeness (QED) is 0.755. The molecule has 0 bridgehead atoms.